The molecule has 1 aliphatic rings. The topological polar surface area (TPSA) is 37.4 Å². The van der Waals surface area contributed by atoms with Crippen LogP contribution in [-0.2, 0) is 0 Å². The number of rotatable bonds is 22. The minimum Gasteiger partial charge on any atom is -0.274 e. The number of imide groups is 1. The zero-order valence-electron chi connectivity index (χ0n) is 23.0. The molecule has 0 saturated carbocycles. The quantitative estimate of drug-likeness (QED) is 0.121. The largest absolute Gasteiger partial charge is 0.274 e. The predicted molar refractivity (Wildman–Crippen MR) is 149 cm³/mol. The van der Waals surface area contributed by atoms with E-state index in [1.807, 2.05) is 12.1 Å². The van der Waals surface area contributed by atoms with Crippen molar-refractivity contribution in [3.05, 3.63) is 35.4 Å². The first-order valence-electron chi connectivity index (χ1n) is 15.1. The molecule has 0 N–H and O–H groups in total. The van der Waals surface area contributed by atoms with E-state index in [0.29, 0.717) is 23.6 Å². The minimum atomic E-state index is -0.0883. The van der Waals surface area contributed by atoms with E-state index in [2.05, 4.69) is 13.8 Å². The molecule has 2 amide bonds. The third-order valence-corrected chi connectivity index (χ3v) is 7.75. The van der Waals surface area contributed by atoms with E-state index in [-0.39, 0.29) is 11.8 Å². The Kier molecular flexibility index (Phi) is 15.7. The van der Waals surface area contributed by atoms with Crippen molar-refractivity contribution >= 4 is 11.8 Å². The summed E-state index contributed by atoms with van der Waals surface area (Å²) in [6, 6.07) is 7.31. The zero-order chi connectivity index (χ0) is 25.1. The maximum absolute atomic E-state index is 12.9. The van der Waals surface area contributed by atoms with Crippen LogP contribution in [0.2, 0.25) is 0 Å². The number of carbonyl (C=O) groups excluding carboxylic acids is 2. The highest BCUT2D eigenvalue weighted by Crippen LogP contribution is 2.27. The second-order valence-electron chi connectivity index (χ2n) is 10.9. The lowest BCUT2D eigenvalue weighted by atomic mass is 9.93. The van der Waals surface area contributed by atoms with Crippen LogP contribution in [-0.4, -0.2) is 23.3 Å². The molecule has 3 nitrogen and oxygen atoms in total. The molecule has 1 aromatic carbocycles. The van der Waals surface area contributed by atoms with Crippen LogP contribution in [0.15, 0.2) is 24.3 Å². The van der Waals surface area contributed by atoms with Crippen molar-refractivity contribution in [1.29, 1.82) is 0 Å². The Morgan fingerprint density at radius 3 is 1.26 bits per heavy atom. The lowest BCUT2D eigenvalue weighted by molar-refractivity contribution is 0.0621. The van der Waals surface area contributed by atoms with E-state index in [4.69, 9.17) is 0 Å². The summed E-state index contributed by atoms with van der Waals surface area (Å²) in [5, 5.41) is 0. The van der Waals surface area contributed by atoms with E-state index in [0.717, 1.165) is 12.8 Å². The molecule has 1 atom stereocenters. The molecule has 198 valence electrons. The Morgan fingerprint density at radius 1 is 0.543 bits per heavy atom. The molecule has 3 heteroatoms. The fourth-order valence-corrected chi connectivity index (χ4v) is 5.48. The van der Waals surface area contributed by atoms with Gasteiger partial charge in [0.2, 0.25) is 0 Å². The SMILES string of the molecule is CCCCCCCCCCCCC(CCCCCCCCCC)CN1C(=O)c2ccccc2C1=O. The summed E-state index contributed by atoms with van der Waals surface area (Å²) < 4.78 is 0. The second-order valence-corrected chi connectivity index (χ2v) is 10.9. The molecule has 0 bridgehead atoms. The molecule has 1 unspecified atom stereocenters. The molecule has 0 aromatic heterocycles. The molecule has 1 heterocycles. The van der Waals surface area contributed by atoms with Gasteiger partial charge in [0.15, 0.2) is 0 Å². The highest BCUT2D eigenvalue weighted by atomic mass is 16.2. The fourth-order valence-electron chi connectivity index (χ4n) is 5.48. The summed E-state index contributed by atoms with van der Waals surface area (Å²) in [6.07, 6.45) is 26.3. The molecular weight excluding hydrogens is 430 g/mol. The van der Waals surface area contributed by atoms with E-state index < -0.39 is 0 Å². The average molecular weight is 484 g/mol. The normalized spacial score (nSPS) is 14.1. The van der Waals surface area contributed by atoms with Crippen LogP contribution in [0.4, 0.5) is 0 Å². The summed E-state index contributed by atoms with van der Waals surface area (Å²) >= 11 is 0. The number of unbranched alkanes of at least 4 members (excludes halogenated alkanes) is 16. The van der Waals surface area contributed by atoms with Gasteiger partial charge < -0.3 is 0 Å². The van der Waals surface area contributed by atoms with Crippen molar-refractivity contribution in [2.24, 2.45) is 5.92 Å². The molecule has 0 fully saturated rings. The van der Waals surface area contributed by atoms with Crippen molar-refractivity contribution in [3.63, 3.8) is 0 Å². The monoisotopic (exact) mass is 483 g/mol. The predicted octanol–water partition coefficient (Wildman–Crippen LogP) is 9.74. The smallest absolute Gasteiger partial charge is 0.261 e. The van der Waals surface area contributed by atoms with Crippen molar-refractivity contribution < 1.29 is 9.59 Å². The van der Waals surface area contributed by atoms with Gasteiger partial charge in [0, 0.05) is 6.54 Å². The Balaban J connectivity index is 1.72. The highest BCUT2D eigenvalue weighted by molar-refractivity contribution is 6.21. The van der Waals surface area contributed by atoms with Crippen molar-refractivity contribution in [2.75, 3.05) is 6.54 Å². The summed E-state index contributed by atoms with van der Waals surface area (Å²) in [5.74, 6) is 0.260. The summed E-state index contributed by atoms with van der Waals surface area (Å²) in [4.78, 5) is 27.3. The summed E-state index contributed by atoms with van der Waals surface area (Å²) in [6.45, 7) is 5.14. The zero-order valence-corrected chi connectivity index (χ0v) is 23.0. The number of hydrogen-bond donors (Lipinski definition) is 0. The molecule has 1 aromatic rings. The van der Waals surface area contributed by atoms with Crippen LogP contribution >= 0.6 is 0 Å². The molecule has 0 saturated heterocycles. The van der Waals surface area contributed by atoms with Gasteiger partial charge in [-0.15, -0.1) is 0 Å². The fraction of sp³-hybridized carbons (Fsp3) is 0.750. The highest BCUT2D eigenvalue weighted by Gasteiger charge is 2.36. The van der Waals surface area contributed by atoms with Gasteiger partial charge in [-0.1, -0.05) is 142 Å². The third kappa shape index (κ3) is 11.3. The van der Waals surface area contributed by atoms with Gasteiger partial charge in [-0.05, 0) is 30.9 Å². The van der Waals surface area contributed by atoms with Crippen LogP contribution in [0.25, 0.3) is 0 Å². The number of fused-ring (bicyclic) bond motifs is 1. The minimum absolute atomic E-state index is 0.0883. The van der Waals surface area contributed by atoms with E-state index >= 15 is 0 Å². The van der Waals surface area contributed by atoms with Crippen LogP contribution in [0.5, 0.6) is 0 Å². The van der Waals surface area contributed by atoms with Gasteiger partial charge in [0.1, 0.15) is 0 Å². The van der Waals surface area contributed by atoms with E-state index in [9.17, 15) is 9.59 Å². The lowest BCUT2D eigenvalue weighted by Crippen LogP contribution is -2.34. The first-order chi connectivity index (χ1) is 17.2. The van der Waals surface area contributed by atoms with Crippen LogP contribution in [0.3, 0.4) is 0 Å². The number of hydrogen-bond acceptors (Lipinski definition) is 2. The van der Waals surface area contributed by atoms with Crippen molar-refractivity contribution in [2.45, 2.75) is 142 Å². The second kappa shape index (κ2) is 18.6. The lowest BCUT2D eigenvalue weighted by Gasteiger charge is -2.23. The third-order valence-electron chi connectivity index (χ3n) is 7.75. The molecular formula is C32H53NO2. The maximum atomic E-state index is 12.9. The van der Waals surface area contributed by atoms with Crippen LogP contribution in [0, 0.1) is 5.92 Å². The van der Waals surface area contributed by atoms with Crippen molar-refractivity contribution in [1.82, 2.24) is 4.90 Å². The summed E-state index contributed by atoms with van der Waals surface area (Å²) in [7, 11) is 0. The van der Waals surface area contributed by atoms with Gasteiger partial charge in [-0.3, -0.25) is 14.5 Å². The van der Waals surface area contributed by atoms with Crippen LogP contribution in [0.1, 0.15) is 163 Å². The van der Waals surface area contributed by atoms with Gasteiger partial charge in [0.05, 0.1) is 11.1 Å². The van der Waals surface area contributed by atoms with Gasteiger partial charge in [-0.25, -0.2) is 0 Å². The standard InChI is InChI=1S/C32H53NO2/c1-3-5-7-9-11-13-14-16-18-20-24-28(23-19-17-15-12-10-8-6-4-2)27-33-31(34)29-25-21-22-26-30(29)32(33)35/h21-22,25-26,28H,3-20,23-24,27H2,1-2H3. The van der Waals surface area contributed by atoms with E-state index in [1.165, 1.54) is 120 Å². The maximum Gasteiger partial charge on any atom is 0.261 e. The van der Waals surface area contributed by atoms with Crippen LogP contribution < -0.4 is 0 Å². The molecule has 1 aliphatic heterocycles. The Hall–Kier alpha value is -1.64. The first kappa shape index (κ1) is 29.6. The van der Waals surface area contributed by atoms with Gasteiger partial charge in [-0.2, -0.15) is 0 Å². The first-order valence-corrected chi connectivity index (χ1v) is 15.1. The van der Waals surface area contributed by atoms with Crippen molar-refractivity contribution in [3.8, 4) is 0 Å². The number of nitrogens with zero attached hydrogens (tertiary/aromatic N) is 1. The molecule has 35 heavy (non-hydrogen) atoms. The number of amides is 2. The Labute approximate surface area is 216 Å². The molecule has 2 rings (SSSR count). The van der Waals surface area contributed by atoms with Gasteiger partial charge >= 0.3 is 0 Å². The summed E-state index contributed by atoms with van der Waals surface area (Å²) in [5.41, 5.74) is 1.17. The number of benzene rings is 1. The average Bonchev–Trinajstić information content (AvgIpc) is 3.11. The molecule has 0 aliphatic carbocycles. The Bertz CT molecular complexity index is 678. The molecule has 0 spiro atoms. The van der Waals surface area contributed by atoms with E-state index in [1.54, 1.807) is 12.1 Å². The van der Waals surface area contributed by atoms with Gasteiger partial charge in [0.25, 0.3) is 11.8 Å². The Morgan fingerprint density at radius 2 is 0.886 bits per heavy atom. The molecule has 0 radical (unpaired) electrons. The number of carbonyl (C=O) groups is 2.